The van der Waals surface area contributed by atoms with Crippen molar-refractivity contribution in [3.8, 4) is 22.6 Å². The average molecular weight is 733 g/mol. The van der Waals surface area contributed by atoms with E-state index in [4.69, 9.17) is 9.40 Å². The highest BCUT2D eigenvalue weighted by Gasteiger charge is 2.31. The molecule has 57 heavy (non-hydrogen) atoms. The van der Waals surface area contributed by atoms with Gasteiger partial charge in [-0.3, -0.25) is 0 Å². The highest BCUT2D eigenvalue weighted by atomic mass is 16.3. The fraction of sp³-hybridized carbons (Fsp3) is 0.0192. The summed E-state index contributed by atoms with van der Waals surface area (Å²) in [6.45, 7) is 0. The Hall–Kier alpha value is -7.63. The van der Waals surface area contributed by atoms with Gasteiger partial charge in [0.2, 0.25) is 5.89 Å². The summed E-state index contributed by atoms with van der Waals surface area (Å²) >= 11 is 0. The Bertz CT molecular complexity index is 3030. The van der Waals surface area contributed by atoms with Gasteiger partial charge < -0.3 is 19.5 Å². The molecule has 0 spiro atoms. The molecule has 1 aliphatic heterocycles. The summed E-state index contributed by atoms with van der Waals surface area (Å²) < 4.78 is 6.59. The third kappa shape index (κ3) is 5.76. The first-order valence-corrected chi connectivity index (χ1v) is 19.3. The zero-order valence-corrected chi connectivity index (χ0v) is 31.0. The minimum atomic E-state index is -0.0276. The van der Waals surface area contributed by atoms with Crippen LogP contribution in [-0.2, 0) is 0 Å². The summed E-state index contributed by atoms with van der Waals surface area (Å²) in [5, 5.41) is 8.18. The van der Waals surface area contributed by atoms with Crippen molar-refractivity contribution in [2.75, 3.05) is 15.1 Å². The zero-order chi connectivity index (χ0) is 37.7. The largest absolute Gasteiger partial charge is 0.435 e. The van der Waals surface area contributed by atoms with E-state index < -0.39 is 0 Å². The van der Waals surface area contributed by atoms with Crippen LogP contribution in [0.5, 0.6) is 0 Å². The Balaban J connectivity index is 1.06. The molecule has 0 amide bonds. The van der Waals surface area contributed by atoms with E-state index in [-0.39, 0.29) is 6.17 Å². The monoisotopic (exact) mass is 732 g/mol. The molecule has 1 atom stereocenters. The predicted octanol–water partition coefficient (Wildman–Crippen LogP) is 14.2. The molecule has 10 aromatic rings. The van der Waals surface area contributed by atoms with E-state index in [1.54, 1.807) is 0 Å². The van der Waals surface area contributed by atoms with Crippen molar-refractivity contribution in [2.24, 2.45) is 0 Å². The Morgan fingerprint density at radius 1 is 0.509 bits per heavy atom. The van der Waals surface area contributed by atoms with Crippen LogP contribution in [0.25, 0.3) is 55.2 Å². The highest BCUT2D eigenvalue weighted by molar-refractivity contribution is 6.18. The maximum absolute atomic E-state index is 6.59. The maximum atomic E-state index is 6.59. The number of hydrogen-bond acceptors (Lipinski definition) is 5. The molecule has 0 aliphatic carbocycles. The molecule has 11 rings (SSSR count). The number of fused-ring (bicyclic) bond motifs is 6. The minimum absolute atomic E-state index is 0.0276. The molecule has 0 fully saturated rings. The van der Waals surface area contributed by atoms with Gasteiger partial charge >= 0.3 is 0 Å². The van der Waals surface area contributed by atoms with Gasteiger partial charge in [0.25, 0.3) is 0 Å². The lowest BCUT2D eigenvalue weighted by Gasteiger charge is -2.29. The summed E-state index contributed by atoms with van der Waals surface area (Å²) in [4.78, 5) is 9.66. The molecule has 1 N–H and O–H groups in total. The minimum Gasteiger partial charge on any atom is -0.435 e. The number of anilines is 6. The second kappa shape index (κ2) is 13.6. The number of benzene rings is 9. The third-order valence-electron chi connectivity index (χ3n) is 11.1. The molecule has 270 valence electrons. The molecule has 1 aromatic heterocycles. The van der Waals surface area contributed by atoms with Gasteiger partial charge in [0.1, 0.15) is 11.7 Å². The summed E-state index contributed by atoms with van der Waals surface area (Å²) in [7, 11) is 0. The summed E-state index contributed by atoms with van der Waals surface area (Å²) in [5.41, 5.74) is 12.7. The van der Waals surface area contributed by atoms with Crippen LogP contribution in [0.2, 0.25) is 0 Å². The van der Waals surface area contributed by atoms with Crippen molar-refractivity contribution >= 4 is 66.8 Å². The molecule has 0 saturated carbocycles. The van der Waals surface area contributed by atoms with Crippen molar-refractivity contribution < 1.29 is 4.42 Å². The van der Waals surface area contributed by atoms with Crippen LogP contribution in [0.15, 0.2) is 211 Å². The molecule has 9 aromatic carbocycles. The smallest absolute Gasteiger partial charge is 0.227 e. The molecule has 0 bridgehead atoms. The van der Waals surface area contributed by atoms with Crippen molar-refractivity contribution in [2.45, 2.75) is 6.17 Å². The van der Waals surface area contributed by atoms with E-state index in [1.165, 1.54) is 16.7 Å². The van der Waals surface area contributed by atoms with Crippen LogP contribution in [0.3, 0.4) is 0 Å². The van der Waals surface area contributed by atoms with Gasteiger partial charge in [-0.15, -0.1) is 0 Å². The van der Waals surface area contributed by atoms with E-state index in [0.29, 0.717) is 5.89 Å². The first-order valence-electron chi connectivity index (χ1n) is 19.3. The molecule has 5 nitrogen and oxygen atoms in total. The molecule has 1 unspecified atom stereocenters. The van der Waals surface area contributed by atoms with Crippen LogP contribution in [0.1, 0.15) is 11.7 Å². The zero-order valence-electron chi connectivity index (χ0n) is 31.0. The number of hydrogen-bond donors (Lipinski definition) is 1. The van der Waals surface area contributed by atoms with Gasteiger partial charge in [0.05, 0.1) is 11.4 Å². The standard InChI is InChI=1S/C52H36N4O/c1-4-12-35(13-5-1)36-22-26-41(27-23-36)55(42-29-31-43(32-30-42)56-48-19-11-10-18-46(48)53-51(56)39-14-6-2-7-15-39)44-28-24-37-20-21-38-25-33-47-50(49(38)45(37)34-44)57-52(54-47)40-16-8-3-9-17-40/h1-34,51,53H. The van der Waals surface area contributed by atoms with E-state index in [2.05, 4.69) is 191 Å². The first-order chi connectivity index (χ1) is 28.2. The molecule has 5 heteroatoms. The number of nitrogens with one attached hydrogen (secondary N) is 1. The predicted molar refractivity (Wildman–Crippen MR) is 236 cm³/mol. The number of oxazole rings is 1. The van der Waals surface area contributed by atoms with Gasteiger partial charge in [-0.1, -0.05) is 127 Å². The van der Waals surface area contributed by atoms with Crippen LogP contribution in [0, 0.1) is 0 Å². The lowest BCUT2D eigenvalue weighted by molar-refractivity contribution is 0.623. The number of aromatic nitrogens is 1. The van der Waals surface area contributed by atoms with Gasteiger partial charge in [0.15, 0.2) is 5.58 Å². The summed E-state index contributed by atoms with van der Waals surface area (Å²) in [5.74, 6) is 0.622. The average Bonchev–Trinajstić information content (AvgIpc) is 3.91. The molecular formula is C52H36N4O. The quantitative estimate of drug-likeness (QED) is 0.165. The Morgan fingerprint density at radius 3 is 1.84 bits per heavy atom. The molecular weight excluding hydrogens is 697 g/mol. The summed E-state index contributed by atoms with van der Waals surface area (Å²) in [6, 6.07) is 72.9. The van der Waals surface area contributed by atoms with Crippen molar-refractivity contribution in [3.05, 3.63) is 212 Å². The van der Waals surface area contributed by atoms with Crippen LogP contribution < -0.4 is 15.1 Å². The normalized spacial score (nSPS) is 13.5. The lowest BCUT2D eigenvalue weighted by atomic mass is 10.00. The fourth-order valence-corrected chi connectivity index (χ4v) is 8.31. The van der Waals surface area contributed by atoms with E-state index in [1.807, 2.05) is 30.3 Å². The lowest BCUT2D eigenvalue weighted by Crippen LogP contribution is -2.23. The van der Waals surface area contributed by atoms with Crippen molar-refractivity contribution in [3.63, 3.8) is 0 Å². The molecule has 0 saturated heterocycles. The van der Waals surface area contributed by atoms with Crippen LogP contribution >= 0.6 is 0 Å². The van der Waals surface area contributed by atoms with Gasteiger partial charge in [0, 0.05) is 33.7 Å². The van der Waals surface area contributed by atoms with Crippen molar-refractivity contribution in [1.82, 2.24) is 4.98 Å². The van der Waals surface area contributed by atoms with Crippen LogP contribution in [-0.4, -0.2) is 4.98 Å². The van der Waals surface area contributed by atoms with Gasteiger partial charge in [-0.05, 0) is 112 Å². The highest BCUT2D eigenvalue weighted by Crippen LogP contribution is 2.47. The summed E-state index contributed by atoms with van der Waals surface area (Å²) in [6.07, 6.45) is -0.0276. The fourth-order valence-electron chi connectivity index (χ4n) is 8.31. The van der Waals surface area contributed by atoms with Gasteiger partial charge in [-0.2, -0.15) is 0 Å². The Kier molecular flexibility index (Phi) is 7.81. The van der Waals surface area contributed by atoms with Crippen molar-refractivity contribution in [1.29, 1.82) is 0 Å². The van der Waals surface area contributed by atoms with E-state index in [0.717, 1.165) is 72.3 Å². The second-order valence-electron chi connectivity index (χ2n) is 14.5. The first kappa shape index (κ1) is 32.8. The Morgan fingerprint density at radius 2 is 1.09 bits per heavy atom. The second-order valence-corrected chi connectivity index (χ2v) is 14.5. The number of rotatable bonds is 7. The van der Waals surface area contributed by atoms with E-state index in [9.17, 15) is 0 Å². The SMILES string of the molecule is c1ccc(-c2ccc(N(c3ccc(N4c5ccccc5NC4c4ccccc4)cc3)c3ccc4ccc5ccc6nc(-c7ccccc7)oc6c5c4c3)cc2)cc1. The number of para-hydroxylation sites is 2. The molecule has 2 heterocycles. The molecule has 1 aliphatic rings. The number of nitrogens with zero attached hydrogens (tertiary/aromatic N) is 3. The molecule has 0 radical (unpaired) electrons. The topological polar surface area (TPSA) is 44.5 Å². The maximum Gasteiger partial charge on any atom is 0.227 e. The third-order valence-corrected chi connectivity index (χ3v) is 11.1. The van der Waals surface area contributed by atoms with Crippen LogP contribution in [0.4, 0.5) is 34.1 Å². The Labute approximate surface area is 330 Å². The van der Waals surface area contributed by atoms with Gasteiger partial charge in [-0.25, -0.2) is 4.98 Å². The van der Waals surface area contributed by atoms with E-state index >= 15 is 0 Å².